The Morgan fingerprint density at radius 2 is 1.38 bits per heavy atom. The van der Waals surface area contributed by atoms with E-state index in [0.29, 0.717) is 0 Å². The first-order chi connectivity index (χ1) is 3.80. The number of hydrogen-bond donors (Lipinski definition) is 0. The molecule has 8 heavy (non-hydrogen) atoms. The Hall–Kier alpha value is -0.520. The molecule has 0 aromatic heterocycles. The highest BCUT2D eigenvalue weighted by Crippen LogP contribution is 2.16. The summed E-state index contributed by atoms with van der Waals surface area (Å²) in [5, 5.41) is 0. The zero-order valence-electron chi connectivity index (χ0n) is 5.57. The van der Waals surface area contributed by atoms with E-state index in [2.05, 4.69) is 26.0 Å². The molecule has 0 spiro atoms. The molecule has 0 saturated carbocycles. The molecule has 0 saturated heterocycles. The molecule has 0 bridgehead atoms. The Bertz CT molecular complexity index is 120. The van der Waals surface area contributed by atoms with E-state index in [1.807, 2.05) is 0 Å². The monoisotopic (exact) mass is 108 g/mol. The van der Waals surface area contributed by atoms with Crippen molar-refractivity contribution in [3.63, 3.8) is 0 Å². The predicted molar refractivity (Wildman–Crippen MR) is 36.7 cm³/mol. The largest absolute Gasteiger partial charge is 0.0810 e. The van der Waals surface area contributed by atoms with Crippen molar-refractivity contribution >= 4 is 0 Å². The van der Waals surface area contributed by atoms with Crippen LogP contribution in [0.25, 0.3) is 0 Å². The molecule has 44 valence electrons. The fraction of sp³-hybridized carbons (Fsp3) is 0.500. The average molecular weight is 108 g/mol. The van der Waals surface area contributed by atoms with Crippen LogP contribution in [0.4, 0.5) is 0 Å². The normalized spacial score (nSPS) is 19.8. The highest BCUT2D eigenvalue weighted by molar-refractivity contribution is 5.29. The molecule has 0 atom stereocenters. The first kappa shape index (κ1) is 5.61. The maximum atomic E-state index is 2.30. The lowest BCUT2D eigenvalue weighted by Crippen LogP contribution is -1.85. The summed E-state index contributed by atoms with van der Waals surface area (Å²) in [5.41, 5.74) is 2.91. The van der Waals surface area contributed by atoms with E-state index in [0.717, 1.165) is 0 Å². The van der Waals surface area contributed by atoms with Crippen LogP contribution in [-0.2, 0) is 0 Å². The average Bonchev–Trinajstić information content (AvgIpc) is 1.77. The van der Waals surface area contributed by atoms with Gasteiger partial charge in [-0.1, -0.05) is 23.3 Å². The minimum atomic E-state index is 1.24. The highest BCUT2D eigenvalue weighted by Gasteiger charge is 1.95. The van der Waals surface area contributed by atoms with E-state index in [9.17, 15) is 0 Å². The summed E-state index contributed by atoms with van der Waals surface area (Å²) in [7, 11) is 0. The Morgan fingerprint density at radius 3 is 1.62 bits per heavy atom. The number of allylic oxidation sites excluding steroid dienone is 4. The quantitative estimate of drug-likeness (QED) is 0.447. The second-order valence-corrected chi connectivity index (χ2v) is 2.35. The van der Waals surface area contributed by atoms with Crippen molar-refractivity contribution in [1.29, 1.82) is 0 Å². The minimum absolute atomic E-state index is 1.24. The first-order valence-corrected chi connectivity index (χ1v) is 3.14. The standard InChI is InChI=1S/C8H12/c1-7-5-3-4-6-8(7)2/h5-6H,3-4H2,1-2H3. The minimum Gasteiger partial charge on any atom is -0.0810 e. The van der Waals surface area contributed by atoms with Gasteiger partial charge in [-0.2, -0.15) is 0 Å². The summed E-state index contributed by atoms with van der Waals surface area (Å²) in [6.45, 7) is 4.34. The Balaban J connectivity index is 2.73. The molecular formula is C8H12. The summed E-state index contributed by atoms with van der Waals surface area (Å²) in [5.74, 6) is 0. The first-order valence-electron chi connectivity index (χ1n) is 3.14. The Kier molecular flexibility index (Phi) is 1.52. The summed E-state index contributed by atoms with van der Waals surface area (Å²) in [4.78, 5) is 0. The third kappa shape index (κ3) is 1.00. The molecule has 0 heteroatoms. The number of rotatable bonds is 0. The molecule has 1 rings (SSSR count). The van der Waals surface area contributed by atoms with E-state index < -0.39 is 0 Å². The van der Waals surface area contributed by atoms with Crippen LogP contribution in [0, 0.1) is 0 Å². The number of hydrogen-bond acceptors (Lipinski definition) is 0. The van der Waals surface area contributed by atoms with Crippen LogP contribution in [0.5, 0.6) is 0 Å². The van der Waals surface area contributed by atoms with Crippen LogP contribution in [0.3, 0.4) is 0 Å². The lowest BCUT2D eigenvalue weighted by molar-refractivity contribution is 0.990. The summed E-state index contributed by atoms with van der Waals surface area (Å²) < 4.78 is 0. The van der Waals surface area contributed by atoms with Gasteiger partial charge < -0.3 is 0 Å². The van der Waals surface area contributed by atoms with Gasteiger partial charge in [0.2, 0.25) is 0 Å². The molecule has 0 fully saturated rings. The maximum absolute atomic E-state index is 2.30. The van der Waals surface area contributed by atoms with E-state index in [1.54, 1.807) is 0 Å². The molecule has 1 aliphatic rings. The van der Waals surface area contributed by atoms with E-state index in [4.69, 9.17) is 0 Å². The van der Waals surface area contributed by atoms with Crippen molar-refractivity contribution in [2.45, 2.75) is 26.7 Å². The van der Waals surface area contributed by atoms with Crippen molar-refractivity contribution in [1.82, 2.24) is 0 Å². The van der Waals surface area contributed by atoms with E-state index in [1.165, 1.54) is 24.0 Å². The lowest BCUT2D eigenvalue weighted by Gasteiger charge is -2.05. The van der Waals surface area contributed by atoms with Crippen LogP contribution in [-0.4, -0.2) is 0 Å². The van der Waals surface area contributed by atoms with Crippen LogP contribution in [0.1, 0.15) is 26.7 Å². The maximum Gasteiger partial charge on any atom is -0.0310 e. The molecule has 0 aromatic carbocycles. The third-order valence-electron chi connectivity index (χ3n) is 1.69. The van der Waals surface area contributed by atoms with Crippen LogP contribution >= 0.6 is 0 Å². The second-order valence-electron chi connectivity index (χ2n) is 2.35. The van der Waals surface area contributed by atoms with Crippen molar-refractivity contribution in [3.05, 3.63) is 23.3 Å². The van der Waals surface area contributed by atoms with E-state index >= 15 is 0 Å². The van der Waals surface area contributed by atoms with Gasteiger partial charge in [-0.25, -0.2) is 0 Å². The topological polar surface area (TPSA) is 0 Å². The third-order valence-corrected chi connectivity index (χ3v) is 1.69. The van der Waals surface area contributed by atoms with Gasteiger partial charge in [0, 0.05) is 0 Å². The van der Waals surface area contributed by atoms with Gasteiger partial charge in [-0.3, -0.25) is 0 Å². The van der Waals surface area contributed by atoms with Crippen molar-refractivity contribution < 1.29 is 0 Å². The zero-order valence-corrected chi connectivity index (χ0v) is 5.57. The van der Waals surface area contributed by atoms with Crippen molar-refractivity contribution in [2.75, 3.05) is 0 Å². The fourth-order valence-corrected chi connectivity index (χ4v) is 0.922. The molecule has 0 nitrogen and oxygen atoms in total. The summed E-state index contributed by atoms with van der Waals surface area (Å²) >= 11 is 0. The highest BCUT2D eigenvalue weighted by atomic mass is 14.0. The second kappa shape index (κ2) is 2.17. The molecule has 0 amide bonds. The van der Waals surface area contributed by atoms with Crippen molar-refractivity contribution in [2.24, 2.45) is 0 Å². The fourth-order valence-electron chi connectivity index (χ4n) is 0.922. The Labute approximate surface area is 50.9 Å². The van der Waals surface area contributed by atoms with Gasteiger partial charge in [0.25, 0.3) is 0 Å². The van der Waals surface area contributed by atoms with Gasteiger partial charge in [-0.15, -0.1) is 0 Å². The van der Waals surface area contributed by atoms with Gasteiger partial charge in [0.05, 0.1) is 0 Å². The molecule has 0 aromatic rings. The van der Waals surface area contributed by atoms with Gasteiger partial charge in [-0.05, 0) is 26.7 Å². The summed E-state index contributed by atoms with van der Waals surface area (Å²) in [6.07, 6.45) is 7.08. The predicted octanol–water partition coefficient (Wildman–Crippen LogP) is 2.67. The zero-order chi connectivity index (χ0) is 5.98. The molecule has 0 N–H and O–H groups in total. The summed E-state index contributed by atoms with van der Waals surface area (Å²) in [6, 6.07) is 0. The molecule has 0 radical (unpaired) electrons. The lowest BCUT2D eigenvalue weighted by atomic mass is 10.0. The molecule has 0 aliphatic heterocycles. The van der Waals surface area contributed by atoms with Crippen molar-refractivity contribution in [3.8, 4) is 0 Å². The van der Waals surface area contributed by atoms with Gasteiger partial charge in [0.15, 0.2) is 0 Å². The Morgan fingerprint density at radius 1 is 1.00 bits per heavy atom. The smallest absolute Gasteiger partial charge is 0.0310 e. The molecule has 0 unspecified atom stereocenters. The van der Waals surface area contributed by atoms with E-state index in [-0.39, 0.29) is 0 Å². The SMILES string of the molecule is CC1=CCCC=C1C. The molecule has 1 aliphatic carbocycles. The molecular weight excluding hydrogens is 96.1 g/mol. The molecule has 0 heterocycles. The van der Waals surface area contributed by atoms with Gasteiger partial charge in [0.1, 0.15) is 0 Å². The van der Waals surface area contributed by atoms with Crippen LogP contribution in [0.2, 0.25) is 0 Å². The van der Waals surface area contributed by atoms with Crippen LogP contribution < -0.4 is 0 Å². The van der Waals surface area contributed by atoms with Gasteiger partial charge >= 0.3 is 0 Å². The van der Waals surface area contributed by atoms with Crippen LogP contribution in [0.15, 0.2) is 23.3 Å².